The molecule has 2 aromatic rings. The number of nitrogens with zero attached hydrogens (tertiary/aromatic N) is 3. The third kappa shape index (κ3) is 5.03. The van der Waals surface area contributed by atoms with E-state index in [0.717, 1.165) is 30.9 Å². The minimum atomic E-state index is -0.748. The van der Waals surface area contributed by atoms with E-state index in [1.165, 1.54) is 6.92 Å². The molecule has 28 heavy (non-hydrogen) atoms. The van der Waals surface area contributed by atoms with E-state index in [0.29, 0.717) is 13.0 Å². The van der Waals surface area contributed by atoms with Gasteiger partial charge in [0.15, 0.2) is 0 Å². The summed E-state index contributed by atoms with van der Waals surface area (Å²) in [5.74, 6) is -0.563. The summed E-state index contributed by atoms with van der Waals surface area (Å²) in [7, 11) is 0. The number of nitrogens with one attached hydrogen (secondary N) is 1. The van der Waals surface area contributed by atoms with Crippen molar-refractivity contribution in [1.29, 1.82) is 0 Å². The summed E-state index contributed by atoms with van der Waals surface area (Å²) < 4.78 is 0. The second kappa shape index (κ2) is 9.45. The number of hydrogen-bond acceptors (Lipinski definition) is 6. The number of para-hydroxylation sites is 1. The Labute approximate surface area is 162 Å². The average Bonchev–Trinajstić information content (AvgIpc) is 2.68. The van der Waals surface area contributed by atoms with E-state index in [1.54, 1.807) is 0 Å². The topological polar surface area (TPSA) is 119 Å². The minimum Gasteiger partial charge on any atom is -0.372 e. The van der Waals surface area contributed by atoms with Gasteiger partial charge in [0, 0.05) is 37.0 Å². The molecule has 0 aliphatic rings. The van der Waals surface area contributed by atoms with Gasteiger partial charge in [-0.25, -0.2) is 0 Å². The van der Waals surface area contributed by atoms with Gasteiger partial charge in [-0.2, -0.15) is 0 Å². The van der Waals surface area contributed by atoms with Crippen molar-refractivity contribution < 1.29 is 14.6 Å². The van der Waals surface area contributed by atoms with E-state index in [-0.39, 0.29) is 11.1 Å². The number of carbonyl (C=O) groups is 1. The molecule has 2 aromatic carbocycles. The van der Waals surface area contributed by atoms with Crippen LogP contribution in [0.2, 0.25) is 0 Å². The van der Waals surface area contributed by atoms with Crippen LogP contribution in [0.3, 0.4) is 0 Å². The van der Waals surface area contributed by atoms with Crippen LogP contribution in [0.15, 0.2) is 42.5 Å². The maximum atomic E-state index is 12.4. The molecule has 0 fully saturated rings. The molecule has 1 amide bonds. The Bertz CT molecular complexity index is 870. The van der Waals surface area contributed by atoms with Crippen LogP contribution in [0.1, 0.15) is 29.3 Å². The van der Waals surface area contributed by atoms with Gasteiger partial charge in [0.25, 0.3) is 17.3 Å². The Morgan fingerprint density at radius 2 is 1.79 bits per heavy atom. The van der Waals surface area contributed by atoms with Gasteiger partial charge in [0.05, 0.1) is 21.5 Å². The molecule has 0 aromatic heterocycles. The van der Waals surface area contributed by atoms with E-state index < -0.39 is 27.1 Å². The van der Waals surface area contributed by atoms with Gasteiger partial charge in [-0.1, -0.05) is 18.2 Å². The van der Waals surface area contributed by atoms with Crippen molar-refractivity contribution in [1.82, 2.24) is 5.32 Å². The SMILES string of the molecule is CCN(CCCNC(=O)c1cc([N+](=O)[O-])cc([N+](=O)[O-])c1C)c1ccccc1. The molecule has 0 saturated heterocycles. The number of nitro groups is 2. The highest BCUT2D eigenvalue weighted by Gasteiger charge is 2.24. The molecule has 0 radical (unpaired) electrons. The Morgan fingerprint density at radius 3 is 2.36 bits per heavy atom. The third-order valence-electron chi connectivity index (χ3n) is 4.41. The first-order valence-corrected chi connectivity index (χ1v) is 8.86. The van der Waals surface area contributed by atoms with Gasteiger partial charge >= 0.3 is 0 Å². The van der Waals surface area contributed by atoms with Crippen LogP contribution in [0.4, 0.5) is 17.1 Å². The van der Waals surface area contributed by atoms with Gasteiger partial charge in [-0.15, -0.1) is 0 Å². The molecular weight excluding hydrogens is 364 g/mol. The highest BCUT2D eigenvalue weighted by atomic mass is 16.6. The van der Waals surface area contributed by atoms with E-state index in [4.69, 9.17) is 0 Å². The summed E-state index contributed by atoms with van der Waals surface area (Å²) in [4.78, 5) is 35.3. The fourth-order valence-electron chi connectivity index (χ4n) is 2.89. The minimum absolute atomic E-state index is 0.0590. The first-order chi connectivity index (χ1) is 13.3. The number of rotatable bonds is 9. The number of anilines is 1. The van der Waals surface area contributed by atoms with Crippen LogP contribution >= 0.6 is 0 Å². The number of benzene rings is 2. The second-order valence-corrected chi connectivity index (χ2v) is 6.18. The maximum absolute atomic E-state index is 12.4. The molecule has 9 nitrogen and oxygen atoms in total. The Hall–Kier alpha value is -3.49. The molecule has 1 N–H and O–H groups in total. The van der Waals surface area contributed by atoms with Crippen LogP contribution in [-0.2, 0) is 0 Å². The maximum Gasteiger partial charge on any atom is 0.279 e. The molecule has 0 saturated carbocycles. The van der Waals surface area contributed by atoms with E-state index >= 15 is 0 Å². The van der Waals surface area contributed by atoms with Gasteiger partial charge < -0.3 is 10.2 Å². The van der Waals surface area contributed by atoms with Gasteiger partial charge in [-0.3, -0.25) is 25.0 Å². The van der Waals surface area contributed by atoms with Crippen molar-refractivity contribution in [2.24, 2.45) is 0 Å². The highest BCUT2D eigenvalue weighted by molar-refractivity contribution is 5.97. The van der Waals surface area contributed by atoms with Crippen molar-refractivity contribution in [2.45, 2.75) is 20.3 Å². The lowest BCUT2D eigenvalue weighted by Gasteiger charge is -2.23. The number of amides is 1. The van der Waals surface area contributed by atoms with Crippen molar-refractivity contribution >= 4 is 23.0 Å². The summed E-state index contributed by atoms with van der Waals surface area (Å²) in [5, 5.41) is 24.8. The predicted molar refractivity (Wildman–Crippen MR) is 106 cm³/mol. The molecule has 0 unspecified atom stereocenters. The lowest BCUT2D eigenvalue weighted by molar-refractivity contribution is -0.394. The monoisotopic (exact) mass is 386 g/mol. The van der Waals surface area contributed by atoms with E-state index in [9.17, 15) is 25.0 Å². The summed E-state index contributed by atoms with van der Waals surface area (Å²) >= 11 is 0. The molecule has 0 atom stereocenters. The zero-order valence-corrected chi connectivity index (χ0v) is 15.8. The summed E-state index contributed by atoms with van der Waals surface area (Å²) in [5.41, 5.74) is 0.203. The summed E-state index contributed by atoms with van der Waals surface area (Å²) in [6.45, 7) is 5.32. The first-order valence-electron chi connectivity index (χ1n) is 8.86. The second-order valence-electron chi connectivity index (χ2n) is 6.18. The molecule has 0 aliphatic carbocycles. The van der Waals surface area contributed by atoms with Crippen molar-refractivity contribution in [2.75, 3.05) is 24.5 Å². The number of hydrogen-bond donors (Lipinski definition) is 1. The highest BCUT2D eigenvalue weighted by Crippen LogP contribution is 2.28. The summed E-state index contributed by atoms with van der Waals surface area (Å²) in [6.07, 6.45) is 0.657. The van der Waals surface area contributed by atoms with E-state index in [2.05, 4.69) is 10.2 Å². The molecular formula is C19H22N4O5. The summed E-state index contributed by atoms with van der Waals surface area (Å²) in [6, 6.07) is 11.8. The normalized spacial score (nSPS) is 10.4. The molecule has 9 heteroatoms. The Balaban J connectivity index is 2.03. The molecule has 148 valence electrons. The zero-order valence-electron chi connectivity index (χ0n) is 15.8. The van der Waals surface area contributed by atoms with Gasteiger partial charge in [-0.05, 0) is 32.4 Å². The van der Waals surface area contributed by atoms with Crippen LogP contribution in [0.25, 0.3) is 0 Å². The molecule has 0 aliphatic heterocycles. The molecule has 0 spiro atoms. The zero-order chi connectivity index (χ0) is 20.7. The largest absolute Gasteiger partial charge is 0.372 e. The third-order valence-corrected chi connectivity index (χ3v) is 4.41. The fraction of sp³-hybridized carbons (Fsp3) is 0.316. The van der Waals surface area contributed by atoms with Gasteiger partial charge in [0.2, 0.25) is 0 Å². The van der Waals surface area contributed by atoms with Crippen LogP contribution in [-0.4, -0.2) is 35.4 Å². The molecule has 0 heterocycles. The quantitative estimate of drug-likeness (QED) is 0.400. The van der Waals surface area contributed by atoms with Crippen molar-refractivity contribution in [3.8, 4) is 0 Å². The van der Waals surface area contributed by atoms with Crippen LogP contribution in [0.5, 0.6) is 0 Å². The standard InChI is InChI=1S/C19H22N4O5/c1-3-21(15-8-5-4-6-9-15)11-7-10-20-19(24)17-12-16(22(25)26)13-18(14(17)2)23(27)28/h4-6,8-9,12-13H,3,7,10-11H2,1-2H3,(H,20,24). The van der Waals surface area contributed by atoms with Crippen LogP contribution < -0.4 is 10.2 Å². The average molecular weight is 386 g/mol. The molecule has 0 bridgehead atoms. The fourth-order valence-corrected chi connectivity index (χ4v) is 2.89. The number of non-ortho nitro benzene ring substituents is 1. The van der Waals surface area contributed by atoms with E-state index in [1.807, 2.05) is 37.3 Å². The van der Waals surface area contributed by atoms with Crippen LogP contribution in [0, 0.1) is 27.2 Å². The number of carbonyl (C=O) groups excluding carboxylic acids is 1. The van der Waals surface area contributed by atoms with Crippen molar-refractivity contribution in [3.63, 3.8) is 0 Å². The first kappa shape index (κ1) is 20.8. The predicted octanol–water partition coefficient (Wildman–Crippen LogP) is 3.46. The molecule has 2 rings (SSSR count). The Kier molecular flexibility index (Phi) is 7.02. The van der Waals surface area contributed by atoms with Crippen molar-refractivity contribution in [3.05, 3.63) is 73.8 Å². The Morgan fingerprint density at radius 1 is 1.11 bits per heavy atom. The lowest BCUT2D eigenvalue weighted by Crippen LogP contribution is -2.30. The number of nitro benzene ring substituents is 2. The lowest BCUT2D eigenvalue weighted by atomic mass is 10.0. The van der Waals surface area contributed by atoms with Gasteiger partial charge in [0.1, 0.15) is 0 Å². The smallest absolute Gasteiger partial charge is 0.279 e.